The van der Waals surface area contributed by atoms with Crippen LogP contribution in [0.3, 0.4) is 0 Å². The van der Waals surface area contributed by atoms with Gasteiger partial charge < -0.3 is 15.7 Å². The lowest BCUT2D eigenvalue weighted by molar-refractivity contribution is 0.273. The average molecular weight is 272 g/mol. The summed E-state index contributed by atoms with van der Waals surface area (Å²) in [7, 11) is 1.82. The third-order valence-electron chi connectivity index (χ3n) is 2.99. The van der Waals surface area contributed by atoms with E-state index >= 15 is 0 Å². The number of hydrogen-bond acceptors (Lipinski definition) is 5. The molecule has 5 nitrogen and oxygen atoms in total. The molecule has 0 saturated carbocycles. The van der Waals surface area contributed by atoms with Crippen LogP contribution in [0.1, 0.15) is 11.4 Å². The Bertz CT molecular complexity index is 545. The van der Waals surface area contributed by atoms with Gasteiger partial charge in [-0.1, -0.05) is 30.3 Å². The van der Waals surface area contributed by atoms with Crippen molar-refractivity contribution < 1.29 is 5.11 Å². The average Bonchev–Trinajstić information content (AvgIpc) is 2.47. The van der Waals surface area contributed by atoms with E-state index in [0.29, 0.717) is 5.82 Å². The lowest BCUT2D eigenvalue weighted by Crippen LogP contribution is -2.27. The molecule has 5 heteroatoms. The second-order valence-electron chi connectivity index (χ2n) is 4.65. The number of rotatable bonds is 6. The Morgan fingerprint density at radius 3 is 2.50 bits per heavy atom. The van der Waals surface area contributed by atoms with Crippen LogP contribution in [0.4, 0.5) is 11.6 Å². The SMILES string of the molecule is CNc1cc(NC(CO)Cc2ccccc2)nc(C)n1. The maximum Gasteiger partial charge on any atom is 0.132 e. The summed E-state index contributed by atoms with van der Waals surface area (Å²) in [5.41, 5.74) is 1.18. The minimum Gasteiger partial charge on any atom is -0.394 e. The lowest BCUT2D eigenvalue weighted by atomic mass is 10.1. The summed E-state index contributed by atoms with van der Waals surface area (Å²) in [5.74, 6) is 2.17. The van der Waals surface area contributed by atoms with E-state index in [9.17, 15) is 5.11 Å². The number of aliphatic hydroxyl groups excluding tert-OH is 1. The van der Waals surface area contributed by atoms with Crippen molar-refractivity contribution in [2.75, 3.05) is 24.3 Å². The summed E-state index contributed by atoms with van der Waals surface area (Å²) in [6, 6.07) is 11.8. The highest BCUT2D eigenvalue weighted by Crippen LogP contribution is 2.13. The van der Waals surface area contributed by atoms with Crippen LogP contribution < -0.4 is 10.6 Å². The zero-order chi connectivity index (χ0) is 14.4. The van der Waals surface area contributed by atoms with Crippen LogP contribution in [-0.2, 0) is 6.42 Å². The highest BCUT2D eigenvalue weighted by atomic mass is 16.3. The third-order valence-corrected chi connectivity index (χ3v) is 2.99. The van der Waals surface area contributed by atoms with E-state index in [0.717, 1.165) is 18.1 Å². The minimum atomic E-state index is -0.0728. The van der Waals surface area contributed by atoms with E-state index in [1.807, 2.05) is 38.2 Å². The number of nitrogens with zero attached hydrogens (tertiary/aromatic N) is 2. The molecule has 0 aliphatic heterocycles. The molecule has 1 unspecified atom stereocenters. The standard InChI is InChI=1S/C15H20N4O/c1-11-17-14(16-2)9-15(18-11)19-13(10-20)8-12-6-4-3-5-7-12/h3-7,9,13,20H,8,10H2,1-2H3,(H2,16,17,18,19). The Balaban J connectivity index is 2.08. The number of aliphatic hydroxyl groups is 1. The van der Waals surface area contributed by atoms with Crippen LogP contribution in [0.25, 0.3) is 0 Å². The molecule has 0 aliphatic carbocycles. The molecule has 0 spiro atoms. The first-order valence-electron chi connectivity index (χ1n) is 6.66. The molecular formula is C15H20N4O. The van der Waals surface area contributed by atoms with Crippen LogP contribution in [-0.4, -0.2) is 34.8 Å². The Kier molecular flexibility index (Phi) is 4.90. The van der Waals surface area contributed by atoms with Gasteiger partial charge in [0.2, 0.25) is 0 Å². The Morgan fingerprint density at radius 2 is 1.85 bits per heavy atom. The predicted molar refractivity (Wildman–Crippen MR) is 81.0 cm³/mol. The van der Waals surface area contributed by atoms with Crippen molar-refractivity contribution in [3.63, 3.8) is 0 Å². The number of anilines is 2. The van der Waals surface area contributed by atoms with Crippen LogP contribution in [0.15, 0.2) is 36.4 Å². The maximum atomic E-state index is 9.52. The fourth-order valence-electron chi connectivity index (χ4n) is 2.04. The fraction of sp³-hybridized carbons (Fsp3) is 0.333. The second kappa shape index (κ2) is 6.86. The van der Waals surface area contributed by atoms with E-state index in [1.165, 1.54) is 5.56 Å². The van der Waals surface area contributed by atoms with Crippen LogP contribution in [0, 0.1) is 6.92 Å². The van der Waals surface area contributed by atoms with Gasteiger partial charge in [0.1, 0.15) is 17.5 Å². The van der Waals surface area contributed by atoms with E-state index < -0.39 is 0 Å². The van der Waals surface area contributed by atoms with Gasteiger partial charge in [0, 0.05) is 13.1 Å². The monoisotopic (exact) mass is 272 g/mol. The molecule has 3 N–H and O–H groups in total. The molecule has 1 heterocycles. The van der Waals surface area contributed by atoms with Crippen molar-refractivity contribution in [2.45, 2.75) is 19.4 Å². The molecule has 0 bridgehead atoms. The summed E-state index contributed by atoms with van der Waals surface area (Å²) in [6.07, 6.45) is 0.745. The van der Waals surface area contributed by atoms with Gasteiger partial charge in [0.15, 0.2) is 0 Å². The molecule has 0 aliphatic rings. The zero-order valence-electron chi connectivity index (χ0n) is 11.8. The number of aryl methyl sites for hydroxylation is 1. The van der Waals surface area contributed by atoms with Crippen LogP contribution >= 0.6 is 0 Å². The smallest absolute Gasteiger partial charge is 0.132 e. The topological polar surface area (TPSA) is 70.1 Å². The van der Waals surface area contributed by atoms with E-state index in [1.54, 1.807) is 0 Å². The Hall–Kier alpha value is -2.14. The maximum absolute atomic E-state index is 9.52. The van der Waals surface area contributed by atoms with Gasteiger partial charge in [-0.15, -0.1) is 0 Å². The van der Waals surface area contributed by atoms with Crippen LogP contribution in [0.5, 0.6) is 0 Å². The van der Waals surface area contributed by atoms with Gasteiger partial charge in [-0.05, 0) is 18.9 Å². The van der Waals surface area contributed by atoms with E-state index in [4.69, 9.17) is 0 Å². The lowest BCUT2D eigenvalue weighted by Gasteiger charge is -2.17. The van der Waals surface area contributed by atoms with Crippen molar-refractivity contribution in [2.24, 2.45) is 0 Å². The summed E-state index contributed by atoms with van der Waals surface area (Å²) in [5, 5.41) is 15.8. The summed E-state index contributed by atoms with van der Waals surface area (Å²) >= 11 is 0. The van der Waals surface area contributed by atoms with E-state index in [2.05, 4.69) is 32.7 Å². The van der Waals surface area contributed by atoms with Crippen molar-refractivity contribution >= 4 is 11.6 Å². The summed E-state index contributed by atoms with van der Waals surface area (Å²) in [6.45, 7) is 1.89. The van der Waals surface area contributed by atoms with Gasteiger partial charge in [-0.3, -0.25) is 0 Å². The largest absolute Gasteiger partial charge is 0.394 e. The summed E-state index contributed by atoms with van der Waals surface area (Å²) < 4.78 is 0. The number of nitrogens with one attached hydrogen (secondary N) is 2. The molecule has 1 atom stereocenters. The molecule has 0 radical (unpaired) electrons. The normalized spacial score (nSPS) is 11.9. The molecule has 1 aromatic carbocycles. The third kappa shape index (κ3) is 3.93. The zero-order valence-corrected chi connectivity index (χ0v) is 11.8. The van der Waals surface area contributed by atoms with Gasteiger partial charge in [0.05, 0.1) is 12.6 Å². The molecule has 20 heavy (non-hydrogen) atoms. The second-order valence-corrected chi connectivity index (χ2v) is 4.65. The first-order chi connectivity index (χ1) is 9.71. The predicted octanol–water partition coefficient (Wildman–Crippen LogP) is 1.84. The van der Waals surface area contributed by atoms with Gasteiger partial charge in [-0.25, -0.2) is 9.97 Å². The van der Waals surface area contributed by atoms with Gasteiger partial charge in [-0.2, -0.15) is 0 Å². The van der Waals surface area contributed by atoms with Crippen molar-refractivity contribution in [1.29, 1.82) is 0 Å². The highest BCUT2D eigenvalue weighted by molar-refractivity contribution is 5.47. The molecule has 2 rings (SSSR count). The van der Waals surface area contributed by atoms with Crippen molar-refractivity contribution in [3.8, 4) is 0 Å². The Labute approximate surface area is 119 Å². The van der Waals surface area contributed by atoms with Crippen LogP contribution in [0.2, 0.25) is 0 Å². The quantitative estimate of drug-likeness (QED) is 0.748. The molecule has 0 amide bonds. The number of aromatic nitrogens is 2. The number of benzene rings is 1. The molecule has 0 saturated heterocycles. The fourth-order valence-corrected chi connectivity index (χ4v) is 2.04. The minimum absolute atomic E-state index is 0.0484. The van der Waals surface area contributed by atoms with Crippen molar-refractivity contribution in [1.82, 2.24) is 9.97 Å². The molecule has 2 aromatic rings. The van der Waals surface area contributed by atoms with E-state index in [-0.39, 0.29) is 12.6 Å². The van der Waals surface area contributed by atoms with Gasteiger partial charge >= 0.3 is 0 Å². The highest BCUT2D eigenvalue weighted by Gasteiger charge is 2.10. The first kappa shape index (κ1) is 14.3. The molecule has 1 aromatic heterocycles. The molecular weight excluding hydrogens is 252 g/mol. The number of hydrogen-bond donors (Lipinski definition) is 3. The summed E-state index contributed by atoms with van der Waals surface area (Å²) in [4.78, 5) is 8.58. The molecule has 106 valence electrons. The Morgan fingerprint density at radius 1 is 1.15 bits per heavy atom. The molecule has 0 fully saturated rings. The first-order valence-corrected chi connectivity index (χ1v) is 6.66. The van der Waals surface area contributed by atoms with Crippen molar-refractivity contribution in [3.05, 3.63) is 47.8 Å². The van der Waals surface area contributed by atoms with Gasteiger partial charge in [0.25, 0.3) is 0 Å².